The Kier molecular flexibility index (Phi) is 5.25. The standard InChI is InChI=1S/C18H15N3O3S/c1-2-7-16(13-8-4-3-5-9-13)25-18-20-19-17(24-18)14-10-6-11-15(12-14)21(22)23/h2-6,8-12,16H,1,7H2. The lowest BCUT2D eigenvalue weighted by Gasteiger charge is -2.12. The highest BCUT2D eigenvalue weighted by Gasteiger charge is 2.18. The van der Waals surface area contributed by atoms with Gasteiger partial charge in [0, 0.05) is 22.9 Å². The summed E-state index contributed by atoms with van der Waals surface area (Å²) in [7, 11) is 0. The Labute approximate surface area is 148 Å². The minimum absolute atomic E-state index is 0.0151. The molecule has 0 saturated heterocycles. The molecule has 0 aliphatic heterocycles. The Bertz CT molecular complexity index is 880. The van der Waals surface area contributed by atoms with E-state index in [1.165, 1.54) is 23.9 Å². The number of non-ortho nitro benzene ring substituents is 1. The van der Waals surface area contributed by atoms with Gasteiger partial charge in [0.25, 0.3) is 10.9 Å². The molecule has 126 valence electrons. The number of hydrogen-bond donors (Lipinski definition) is 0. The van der Waals surface area contributed by atoms with Crippen LogP contribution in [-0.4, -0.2) is 15.1 Å². The molecule has 0 bridgehead atoms. The highest BCUT2D eigenvalue weighted by atomic mass is 32.2. The zero-order valence-electron chi connectivity index (χ0n) is 13.2. The van der Waals surface area contributed by atoms with Crippen LogP contribution in [0.5, 0.6) is 0 Å². The Hall–Kier alpha value is -2.93. The molecular formula is C18H15N3O3S. The van der Waals surface area contributed by atoms with E-state index < -0.39 is 4.92 Å². The molecule has 1 atom stereocenters. The van der Waals surface area contributed by atoms with Gasteiger partial charge < -0.3 is 4.42 Å². The second-order valence-electron chi connectivity index (χ2n) is 5.22. The summed E-state index contributed by atoms with van der Waals surface area (Å²) >= 11 is 1.45. The van der Waals surface area contributed by atoms with Crippen LogP contribution in [0.15, 0.2) is 76.9 Å². The highest BCUT2D eigenvalue weighted by Crippen LogP contribution is 2.38. The van der Waals surface area contributed by atoms with Crippen LogP contribution >= 0.6 is 11.8 Å². The molecule has 1 unspecified atom stereocenters. The van der Waals surface area contributed by atoms with E-state index in [2.05, 4.69) is 16.8 Å². The molecule has 0 N–H and O–H groups in total. The zero-order valence-corrected chi connectivity index (χ0v) is 14.1. The van der Waals surface area contributed by atoms with Crippen molar-refractivity contribution in [1.82, 2.24) is 10.2 Å². The van der Waals surface area contributed by atoms with Crippen LogP contribution < -0.4 is 0 Å². The van der Waals surface area contributed by atoms with Crippen molar-refractivity contribution >= 4 is 17.4 Å². The van der Waals surface area contributed by atoms with Crippen molar-refractivity contribution in [2.45, 2.75) is 16.9 Å². The van der Waals surface area contributed by atoms with Crippen molar-refractivity contribution in [1.29, 1.82) is 0 Å². The van der Waals surface area contributed by atoms with E-state index in [1.807, 2.05) is 36.4 Å². The van der Waals surface area contributed by atoms with Crippen LogP contribution in [0.3, 0.4) is 0 Å². The van der Waals surface area contributed by atoms with Gasteiger partial charge in [0.2, 0.25) is 5.89 Å². The molecule has 25 heavy (non-hydrogen) atoms. The first-order valence-electron chi connectivity index (χ1n) is 7.58. The number of allylic oxidation sites excluding steroid dienone is 1. The Morgan fingerprint density at radius 1 is 1.20 bits per heavy atom. The summed E-state index contributed by atoms with van der Waals surface area (Å²) in [4.78, 5) is 10.4. The molecule has 0 aliphatic rings. The molecule has 1 aromatic heterocycles. The van der Waals surface area contributed by atoms with E-state index >= 15 is 0 Å². The third kappa shape index (κ3) is 4.13. The monoisotopic (exact) mass is 353 g/mol. The number of nitro groups is 1. The first-order chi connectivity index (χ1) is 12.2. The molecular weight excluding hydrogens is 338 g/mol. The van der Waals surface area contributed by atoms with E-state index in [4.69, 9.17) is 4.42 Å². The van der Waals surface area contributed by atoms with Crippen molar-refractivity contribution in [2.75, 3.05) is 0 Å². The third-order valence-electron chi connectivity index (χ3n) is 3.51. The van der Waals surface area contributed by atoms with E-state index in [0.29, 0.717) is 10.8 Å². The quantitative estimate of drug-likeness (QED) is 0.256. The number of hydrogen-bond acceptors (Lipinski definition) is 6. The molecule has 0 amide bonds. The fourth-order valence-electron chi connectivity index (χ4n) is 2.32. The predicted molar refractivity (Wildman–Crippen MR) is 96.2 cm³/mol. The SMILES string of the molecule is C=CCC(Sc1nnc(-c2cccc([N+](=O)[O-])c2)o1)c1ccccc1. The summed E-state index contributed by atoms with van der Waals surface area (Å²) < 4.78 is 5.69. The second-order valence-corrected chi connectivity index (χ2v) is 6.38. The summed E-state index contributed by atoms with van der Waals surface area (Å²) in [6, 6.07) is 16.1. The van der Waals surface area contributed by atoms with Crippen LogP contribution in [0, 0.1) is 10.1 Å². The minimum Gasteiger partial charge on any atom is -0.411 e. The zero-order chi connectivity index (χ0) is 17.6. The molecule has 0 aliphatic carbocycles. The topological polar surface area (TPSA) is 82.1 Å². The molecule has 1 heterocycles. The summed E-state index contributed by atoms with van der Waals surface area (Å²) in [5.74, 6) is 0.261. The Morgan fingerprint density at radius 2 is 2.00 bits per heavy atom. The highest BCUT2D eigenvalue weighted by molar-refractivity contribution is 7.99. The summed E-state index contributed by atoms with van der Waals surface area (Å²) in [6.45, 7) is 3.80. The lowest BCUT2D eigenvalue weighted by Crippen LogP contribution is -1.92. The molecule has 3 rings (SSSR count). The fraction of sp³-hybridized carbons (Fsp3) is 0.111. The Balaban J connectivity index is 1.82. The van der Waals surface area contributed by atoms with Crippen LogP contribution in [0.2, 0.25) is 0 Å². The maximum absolute atomic E-state index is 10.9. The van der Waals surface area contributed by atoms with Gasteiger partial charge in [0.1, 0.15) is 0 Å². The van der Waals surface area contributed by atoms with Crippen LogP contribution in [0.1, 0.15) is 17.2 Å². The largest absolute Gasteiger partial charge is 0.411 e. The lowest BCUT2D eigenvalue weighted by molar-refractivity contribution is -0.384. The van der Waals surface area contributed by atoms with Gasteiger partial charge >= 0.3 is 0 Å². The number of rotatable bonds is 7. The van der Waals surface area contributed by atoms with Gasteiger partial charge in [0.05, 0.1) is 4.92 Å². The maximum Gasteiger partial charge on any atom is 0.277 e. The number of thioether (sulfide) groups is 1. The summed E-state index contributed by atoms with van der Waals surface area (Å²) in [5.41, 5.74) is 1.65. The second kappa shape index (κ2) is 7.76. The number of nitro benzene ring substituents is 1. The van der Waals surface area contributed by atoms with Gasteiger partial charge in [-0.25, -0.2) is 0 Å². The van der Waals surface area contributed by atoms with Gasteiger partial charge in [0.15, 0.2) is 0 Å². The molecule has 6 nitrogen and oxygen atoms in total. The molecule has 2 aromatic carbocycles. The average molecular weight is 353 g/mol. The van der Waals surface area contributed by atoms with Gasteiger partial charge in [-0.1, -0.05) is 54.2 Å². The van der Waals surface area contributed by atoms with E-state index in [0.717, 1.165) is 12.0 Å². The maximum atomic E-state index is 10.9. The van der Waals surface area contributed by atoms with Crippen molar-refractivity contribution in [3.05, 3.63) is 82.9 Å². The fourth-order valence-corrected chi connectivity index (χ4v) is 3.30. The van der Waals surface area contributed by atoms with E-state index in [1.54, 1.807) is 12.1 Å². The average Bonchev–Trinajstić information content (AvgIpc) is 3.11. The first kappa shape index (κ1) is 16.9. The molecule has 0 radical (unpaired) electrons. The summed E-state index contributed by atoms with van der Waals surface area (Å²) in [6.07, 6.45) is 2.60. The third-order valence-corrected chi connectivity index (χ3v) is 4.62. The minimum atomic E-state index is -0.453. The lowest BCUT2D eigenvalue weighted by atomic mass is 10.1. The molecule has 0 saturated carbocycles. The van der Waals surface area contributed by atoms with Crippen LogP contribution in [-0.2, 0) is 0 Å². The molecule has 3 aromatic rings. The van der Waals surface area contributed by atoms with E-state index in [-0.39, 0.29) is 16.8 Å². The van der Waals surface area contributed by atoms with Crippen LogP contribution in [0.25, 0.3) is 11.5 Å². The van der Waals surface area contributed by atoms with Crippen molar-refractivity contribution < 1.29 is 9.34 Å². The van der Waals surface area contributed by atoms with Gasteiger partial charge in [-0.05, 0) is 18.1 Å². The first-order valence-corrected chi connectivity index (χ1v) is 8.46. The van der Waals surface area contributed by atoms with Crippen molar-refractivity contribution in [3.63, 3.8) is 0 Å². The van der Waals surface area contributed by atoms with Crippen molar-refractivity contribution in [3.8, 4) is 11.5 Å². The van der Waals surface area contributed by atoms with Crippen molar-refractivity contribution in [2.24, 2.45) is 0 Å². The Morgan fingerprint density at radius 3 is 2.72 bits per heavy atom. The molecule has 0 spiro atoms. The number of nitrogens with zero attached hydrogens (tertiary/aromatic N) is 3. The number of benzene rings is 2. The van der Waals surface area contributed by atoms with Crippen LogP contribution in [0.4, 0.5) is 5.69 Å². The smallest absolute Gasteiger partial charge is 0.277 e. The van der Waals surface area contributed by atoms with Gasteiger partial charge in [-0.15, -0.1) is 16.8 Å². The number of aromatic nitrogens is 2. The normalized spacial score (nSPS) is 11.8. The predicted octanol–water partition coefficient (Wildman–Crippen LogP) is 5.05. The molecule has 0 fully saturated rings. The molecule has 7 heteroatoms. The summed E-state index contributed by atoms with van der Waals surface area (Å²) in [5, 5.41) is 19.5. The van der Waals surface area contributed by atoms with E-state index in [9.17, 15) is 10.1 Å². The van der Waals surface area contributed by atoms with Gasteiger partial charge in [-0.3, -0.25) is 10.1 Å². The van der Waals surface area contributed by atoms with Gasteiger partial charge in [-0.2, -0.15) is 0 Å².